The predicted molar refractivity (Wildman–Crippen MR) is 104 cm³/mol. The number of nitrogens with zero attached hydrogens (tertiary/aromatic N) is 3. The fourth-order valence-corrected chi connectivity index (χ4v) is 3.49. The van der Waals surface area contributed by atoms with Crippen LogP contribution >= 0.6 is 0 Å². The molecule has 6 heteroatoms. The lowest BCUT2D eigenvalue weighted by Gasteiger charge is -2.39. The van der Waals surface area contributed by atoms with Crippen molar-refractivity contribution in [2.75, 3.05) is 13.1 Å². The lowest BCUT2D eigenvalue weighted by atomic mass is 9.91. The second-order valence-electron chi connectivity index (χ2n) is 7.66. The fourth-order valence-electron chi connectivity index (χ4n) is 3.49. The molecule has 2 aromatic rings. The van der Waals surface area contributed by atoms with Crippen LogP contribution in [0.15, 0.2) is 30.6 Å². The van der Waals surface area contributed by atoms with E-state index in [1.54, 1.807) is 18.0 Å². The quantitative estimate of drug-likeness (QED) is 0.877. The minimum Gasteiger partial charge on any atom is -0.481 e. The third kappa shape index (κ3) is 4.50. The van der Waals surface area contributed by atoms with E-state index < -0.39 is 11.7 Å². The van der Waals surface area contributed by atoms with Crippen molar-refractivity contribution in [1.29, 1.82) is 0 Å². The SMILES string of the molecule is Cc1ccc(OC(C)C(=O)N2CCC(O)(Cn3ccnc3C)CC2)cc1C. The molecule has 1 amide bonds. The molecular weight excluding hydrogens is 342 g/mol. The molecule has 146 valence electrons. The van der Waals surface area contributed by atoms with Gasteiger partial charge in [-0.1, -0.05) is 6.07 Å². The van der Waals surface area contributed by atoms with Crippen molar-refractivity contribution < 1.29 is 14.6 Å². The lowest BCUT2D eigenvalue weighted by Crippen LogP contribution is -2.51. The summed E-state index contributed by atoms with van der Waals surface area (Å²) in [6.07, 6.45) is 4.17. The van der Waals surface area contributed by atoms with Crippen LogP contribution in [0.2, 0.25) is 0 Å². The summed E-state index contributed by atoms with van der Waals surface area (Å²) in [5.41, 5.74) is 1.54. The molecule has 27 heavy (non-hydrogen) atoms. The Morgan fingerprint density at radius 1 is 1.26 bits per heavy atom. The normalized spacial score (nSPS) is 17.6. The molecular formula is C21H29N3O3. The van der Waals surface area contributed by atoms with Crippen molar-refractivity contribution in [2.45, 2.75) is 58.8 Å². The number of carbonyl (C=O) groups excluding carboxylic acids is 1. The van der Waals surface area contributed by atoms with E-state index in [1.165, 1.54) is 5.56 Å². The molecule has 2 heterocycles. The number of hydrogen-bond donors (Lipinski definition) is 1. The van der Waals surface area contributed by atoms with Gasteiger partial charge in [0, 0.05) is 25.5 Å². The monoisotopic (exact) mass is 371 g/mol. The maximum Gasteiger partial charge on any atom is 0.263 e. The number of imidazole rings is 1. The van der Waals surface area contributed by atoms with E-state index in [2.05, 4.69) is 4.98 Å². The number of carbonyl (C=O) groups is 1. The van der Waals surface area contributed by atoms with Gasteiger partial charge in [0.2, 0.25) is 0 Å². The number of rotatable bonds is 5. The van der Waals surface area contributed by atoms with Crippen molar-refractivity contribution in [3.8, 4) is 5.75 Å². The van der Waals surface area contributed by atoms with Gasteiger partial charge in [-0.15, -0.1) is 0 Å². The highest BCUT2D eigenvalue weighted by molar-refractivity contribution is 5.81. The van der Waals surface area contributed by atoms with E-state index in [0.717, 1.165) is 11.4 Å². The standard InChI is InChI=1S/C21H29N3O3/c1-15-5-6-19(13-16(15)2)27-17(3)20(25)23-10-7-21(26,8-11-23)14-24-12-9-22-18(24)4/h5-6,9,12-13,17,26H,7-8,10-11,14H2,1-4H3. The van der Waals surface area contributed by atoms with Crippen molar-refractivity contribution in [3.63, 3.8) is 0 Å². The Hall–Kier alpha value is -2.34. The number of likely N-dealkylation sites (tertiary alicyclic amines) is 1. The highest BCUT2D eigenvalue weighted by Gasteiger charge is 2.36. The summed E-state index contributed by atoms with van der Waals surface area (Å²) < 4.78 is 7.81. The first-order chi connectivity index (χ1) is 12.8. The smallest absolute Gasteiger partial charge is 0.263 e. The molecule has 0 saturated carbocycles. The maximum absolute atomic E-state index is 12.7. The van der Waals surface area contributed by atoms with Gasteiger partial charge in [-0.2, -0.15) is 0 Å². The zero-order valence-corrected chi connectivity index (χ0v) is 16.6. The maximum atomic E-state index is 12.7. The molecule has 1 aliphatic heterocycles. The van der Waals surface area contributed by atoms with E-state index in [1.807, 2.05) is 49.7 Å². The van der Waals surface area contributed by atoms with Gasteiger partial charge in [-0.25, -0.2) is 4.98 Å². The number of amides is 1. The van der Waals surface area contributed by atoms with Gasteiger partial charge in [0.15, 0.2) is 6.10 Å². The van der Waals surface area contributed by atoms with E-state index in [9.17, 15) is 9.90 Å². The van der Waals surface area contributed by atoms with Crippen LogP contribution in [-0.2, 0) is 11.3 Å². The minimum absolute atomic E-state index is 0.0333. The summed E-state index contributed by atoms with van der Waals surface area (Å²) in [5, 5.41) is 10.9. The average molecular weight is 371 g/mol. The molecule has 1 N–H and O–H groups in total. The number of aromatic nitrogens is 2. The van der Waals surface area contributed by atoms with Crippen LogP contribution in [0.3, 0.4) is 0 Å². The van der Waals surface area contributed by atoms with E-state index in [-0.39, 0.29) is 5.91 Å². The Bertz CT molecular complexity index is 807. The van der Waals surface area contributed by atoms with Gasteiger partial charge in [-0.3, -0.25) is 4.79 Å². The Labute approximate surface area is 160 Å². The molecule has 6 nitrogen and oxygen atoms in total. The average Bonchev–Trinajstić information content (AvgIpc) is 3.02. The number of piperidine rings is 1. The Kier molecular flexibility index (Phi) is 5.56. The first kappa shape index (κ1) is 19.4. The third-order valence-corrected chi connectivity index (χ3v) is 5.53. The van der Waals surface area contributed by atoms with E-state index in [0.29, 0.717) is 38.2 Å². The summed E-state index contributed by atoms with van der Waals surface area (Å²) in [6, 6.07) is 5.86. The predicted octanol–water partition coefficient (Wildman–Crippen LogP) is 2.63. The molecule has 1 saturated heterocycles. The van der Waals surface area contributed by atoms with Crippen molar-refractivity contribution in [2.24, 2.45) is 0 Å². The number of hydrogen-bond acceptors (Lipinski definition) is 4. The van der Waals surface area contributed by atoms with Crippen LogP contribution in [0.25, 0.3) is 0 Å². The van der Waals surface area contributed by atoms with Gasteiger partial charge in [0.1, 0.15) is 11.6 Å². The number of aliphatic hydroxyl groups is 1. The molecule has 0 radical (unpaired) electrons. The molecule has 1 aromatic carbocycles. The molecule has 0 aliphatic carbocycles. The summed E-state index contributed by atoms with van der Waals surface area (Å²) in [5.74, 6) is 1.56. The molecule has 0 spiro atoms. The molecule has 3 rings (SSSR count). The highest BCUT2D eigenvalue weighted by Crippen LogP contribution is 2.26. The van der Waals surface area contributed by atoms with Gasteiger partial charge in [-0.05, 0) is 63.8 Å². The highest BCUT2D eigenvalue weighted by atomic mass is 16.5. The van der Waals surface area contributed by atoms with E-state index >= 15 is 0 Å². The topological polar surface area (TPSA) is 67.6 Å². The van der Waals surface area contributed by atoms with Gasteiger partial charge >= 0.3 is 0 Å². The van der Waals surface area contributed by atoms with Crippen LogP contribution in [0.5, 0.6) is 5.75 Å². The van der Waals surface area contributed by atoms with Gasteiger partial charge in [0.05, 0.1) is 12.1 Å². The molecule has 0 bridgehead atoms. The van der Waals surface area contributed by atoms with Crippen LogP contribution in [-0.4, -0.2) is 50.3 Å². The molecule has 1 unspecified atom stereocenters. The fraction of sp³-hybridized carbons (Fsp3) is 0.524. The zero-order valence-electron chi connectivity index (χ0n) is 16.6. The van der Waals surface area contributed by atoms with Crippen molar-refractivity contribution in [1.82, 2.24) is 14.5 Å². The molecule has 1 aliphatic rings. The molecule has 1 atom stereocenters. The minimum atomic E-state index is -0.805. The van der Waals surface area contributed by atoms with E-state index in [4.69, 9.17) is 4.74 Å². The summed E-state index contributed by atoms with van der Waals surface area (Å²) in [6.45, 7) is 9.36. The van der Waals surface area contributed by atoms with Crippen LogP contribution in [0.1, 0.15) is 36.7 Å². The Morgan fingerprint density at radius 3 is 2.56 bits per heavy atom. The lowest BCUT2D eigenvalue weighted by molar-refractivity contribution is -0.142. The molecule has 1 fully saturated rings. The first-order valence-electron chi connectivity index (χ1n) is 9.50. The Balaban J connectivity index is 1.55. The summed E-state index contributed by atoms with van der Waals surface area (Å²) >= 11 is 0. The third-order valence-electron chi connectivity index (χ3n) is 5.53. The summed E-state index contributed by atoms with van der Waals surface area (Å²) in [7, 11) is 0. The van der Waals surface area contributed by atoms with Crippen molar-refractivity contribution in [3.05, 3.63) is 47.5 Å². The van der Waals surface area contributed by atoms with Crippen LogP contribution in [0, 0.1) is 20.8 Å². The van der Waals surface area contributed by atoms with Crippen molar-refractivity contribution >= 4 is 5.91 Å². The number of benzene rings is 1. The van der Waals surface area contributed by atoms with Crippen LogP contribution < -0.4 is 4.74 Å². The summed E-state index contributed by atoms with van der Waals surface area (Å²) in [4.78, 5) is 18.7. The zero-order chi connectivity index (χ0) is 19.6. The number of aryl methyl sites for hydroxylation is 3. The second-order valence-corrected chi connectivity index (χ2v) is 7.66. The van der Waals surface area contributed by atoms with Gasteiger partial charge in [0.25, 0.3) is 5.91 Å². The second kappa shape index (κ2) is 7.72. The molecule has 1 aromatic heterocycles. The largest absolute Gasteiger partial charge is 0.481 e. The first-order valence-corrected chi connectivity index (χ1v) is 9.50. The number of ether oxygens (including phenoxy) is 1. The Morgan fingerprint density at radius 2 is 1.96 bits per heavy atom. The van der Waals surface area contributed by atoms with Crippen LogP contribution in [0.4, 0.5) is 0 Å². The van der Waals surface area contributed by atoms with Gasteiger partial charge < -0.3 is 19.3 Å².